The Kier molecular flexibility index (Phi) is 2.27. The van der Waals surface area contributed by atoms with Crippen LogP contribution < -0.4 is 21.1 Å². The lowest BCUT2D eigenvalue weighted by Gasteiger charge is -2.28. The van der Waals surface area contributed by atoms with Crippen LogP contribution in [0.25, 0.3) is 0 Å². The van der Waals surface area contributed by atoms with E-state index in [1.165, 1.54) is 5.56 Å². The third-order valence-corrected chi connectivity index (χ3v) is 3.67. The van der Waals surface area contributed by atoms with Gasteiger partial charge in [0.2, 0.25) is 5.95 Å². The largest absolute Gasteiger partial charge is 0.378 e. The van der Waals surface area contributed by atoms with Crippen molar-refractivity contribution in [2.24, 2.45) is 0 Å². The zero-order valence-corrected chi connectivity index (χ0v) is 10.1. The third-order valence-electron chi connectivity index (χ3n) is 3.67. The fraction of sp³-hybridized carbons (Fsp3) is 0.636. The van der Waals surface area contributed by atoms with Crippen LogP contribution in [0.15, 0.2) is 0 Å². The van der Waals surface area contributed by atoms with Gasteiger partial charge in [-0.2, -0.15) is 9.97 Å². The fourth-order valence-corrected chi connectivity index (χ4v) is 2.70. The highest BCUT2D eigenvalue weighted by molar-refractivity contribution is 5.66. The average molecular weight is 248 g/mol. The van der Waals surface area contributed by atoms with E-state index in [1.807, 2.05) is 0 Å². The molecule has 7 nitrogen and oxygen atoms in total. The highest BCUT2D eigenvalue weighted by atomic mass is 16.5. The van der Waals surface area contributed by atoms with Crippen molar-refractivity contribution in [2.75, 3.05) is 48.5 Å². The number of ether oxygens (including phenoxy) is 1. The minimum atomic E-state index is 0.343. The van der Waals surface area contributed by atoms with Crippen molar-refractivity contribution in [1.29, 1.82) is 0 Å². The van der Waals surface area contributed by atoms with E-state index in [2.05, 4.69) is 31.0 Å². The molecule has 0 saturated carbocycles. The van der Waals surface area contributed by atoms with Gasteiger partial charge in [-0.3, -0.25) is 0 Å². The standard InChI is InChI=1S/C11H16N6O/c1-2-12-9-8-7(1)15-16-10(8)14-11(13-9)17-3-5-18-6-4-17/h7,15H,1-6H2,(H2,12,13,14,16). The molecule has 1 aromatic heterocycles. The van der Waals surface area contributed by atoms with Crippen LogP contribution in [0.2, 0.25) is 0 Å². The minimum Gasteiger partial charge on any atom is -0.378 e. The summed E-state index contributed by atoms with van der Waals surface area (Å²) in [6.45, 7) is 4.16. The van der Waals surface area contributed by atoms with Gasteiger partial charge in [0.15, 0.2) is 5.82 Å². The highest BCUT2D eigenvalue weighted by Crippen LogP contribution is 2.38. The third kappa shape index (κ3) is 1.51. The molecule has 3 N–H and O–H groups in total. The second kappa shape index (κ2) is 3.96. The molecule has 3 aliphatic rings. The predicted octanol–water partition coefficient (Wildman–Crippen LogP) is 0.1000. The van der Waals surface area contributed by atoms with Gasteiger partial charge in [0.25, 0.3) is 0 Å². The molecule has 1 aromatic rings. The van der Waals surface area contributed by atoms with Gasteiger partial charge in [0, 0.05) is 19.6 Å². The summed E-state index contributed by atoms with van der Waals surface area (Å²) in [5.41, 5.74) is 7.60. The Morgan fingerprint density at radius 3 is 2.89 bits per heavy atom. The van der Waals surface area contributed by atoms with E-state index in [1.54, 1.807) is 0 Å². The van der Waals surface area contributed by atoms with E-state index < -0.39 is 0 Å². The quantitative estimate of drug-likeness (QED) is 0.651. The summed E-state index contributed by atoms with van der Waals surface area (Å²) in [4.78, 5) is 11.4. The molecular formula is C11H16N6O. The first-order valence-electron chi connectivity index (χ1n) is 6.42. The van der Waals surface area contributed by atoms with E-state index in [-0.39, 0.29) is 0 Å². The molecule has 0 bridgehead atoms. The lowest BCUT2D eigenvalue weighted by molar-refractivity contribution is 0.122. The minimum absolute atomic E-state index is 0.343. The number of hydrogen-bond donors (Lipinski definition) is 3. The van der Waals surface area contributed by atoms with E-state index >= 15 is 0 Å². The fourth-order valence-electron chi connectivity index (χ4n) is 2.70. The van der Waals surface area contributed by atoms with Gasteiger partial charge in [0.05, 0.1) is 24.8 Å². The van der Waals surface area contributed by atoms with E-state index in [0.29, 0.717) is 6.04 Å². The van der Waals surface area contributed by atoms with Crippen molar-refractivity contribution in [1.82, 2.24) is 15.4 Å². The molecule has 4 rings (SSSR count). The second-order valence-corrected chi connectivity index (χ2v) is 4.77. The average Bonchev–Trinajstić information content (AvgIpc) is 2.85. The van der Waals surface area contributed by atoms with Crippen LogP contribution >= 0.6 is 0 Å². The molecule has 0 radical (unpaired) electrons. The first-order valence-corrected chi connectivity index (χ1v) is 6.42. The van der Waals surface area contributed by atoms with Crippen molar-refractivity contribution < 1.29 is 4.74 Å². The Bertz CT molecular complexity index is 473. The summed E-state index contributed by atoms with van der Waals surface area (Å²) in [5.74, 6) is 2.67. The zero-order valence-electron chi connectivity index (χ0n) is 10.1. The van der Waals surface area contributed by atoms with Crippen molar-refractivity contribution in [3.63, 3.8) is 0 Å². The van der Waals surface area contributed by atoms with Gasteiger partial charge >= 0.3 is 0 Å². The first kappa shape index (κ1) is 10.3. The van der Waals surface area contributed by atoms with Crippen LogP contribution in [-0.2, 0) is 4.74 Å². The molecule has 0 amide bonds. The smallest absolute Gasteiger partial charge is 0.229 e. The topological polar surface area (TPSA) is 74.3 Å². The Balaban J connectivity index is 1.73. The van der Waals surface area contributed by atoms with E-state index in [4.69, 9.17) is 4.74 Å². The molecule has 1 unspecified atom stereocenters. The SMILES string of the molecule is C1CC2NNc3nc(N4CCOCC4)nc(c32)N1. The normalized spacial score (nSPS) is 25.3. The lowest BCUT2D eigenvalue weighted by atomic mass is 10.0. The van der Waals surface area contributed by atoms with Gasteiger partial charge in [-0.1, -0.05) is 0 Å². The number of aromatic nitrogens is 2. The second-order valence-electron chi connectivity index (χ2n) is 4.77. The van der Waals surface area contributed by atoms with Gasteiger partial charge in [-0.25, -0.2) is 5.43 Å². The molecule has 4 heterocycles. The summed E-state index contributed by atoms with van der Waals surface area (Å²) in [7, 11) is 0. The van der Waals surface area contributed by atoms with Gasteiger partial charge in [0.1, 0.15) is 5.82 Å². The molecule has 0 aromatic carbocycles. The molecule has 1 saturated heterocycles. The number of hydrogen-bond acceptors (Lipinski definition) is 7. The summed E-state index contributed by atoms with van der Waals surface area (Å²) >= 11 is 0. The summed E-state index contributed by atoms with van der Waals surface area (Å²) in [6.07, 6.45) is 1.06. The maximum Gasteiger partial charge on any atom is 0.229 e. The van der Waals surface area contributed by atoms with Crippen LogP contribution in [0, 0.1) is 0 Å². The Morgan fingerprint density at radius 2 is 2.00 bits per heavy atom. The number of hydrazine groups is 1. The molecule has 3 aliphatic heterocycles. The van der Waals surface area contributed by atoms with Crippen molar-refractivity contribution in [2.45, 2.75) is 12.5 Å². The molecule has 1 fully saturated rings. The predicted molar refractivity (Wildman–Crippen MR) is 67.7 cm³/mol. The Hall–Kier alpha value is -1.60. The number of anilines is 3. The first-order chi connectivity index (χ1) is 8.92. The van der Waals surface area contributed by atoms with Crippen molar-refractivity contribution in [3.05, 3.63) is 5.56 Å². The molecule has 96 valence electrons. The maximum atomic E-state index is 5.36. The Labute approximate surface area is 105 Å². The van der Waals surface area contributed by atoms with Gasteiger partial charge < -0.3 is 20.4 Å². The summed E-state index contributed by atoms with van der Waals surface area (Å²) in [6, 6.07) is 0.343. The van der Waals surface area contributed by atoms with Crippen LogP contribution in [0.5, 0.6) is 0 Å². The molecule has 18 heavy (non-hydrogen) atoms. The number of nitrogens with zero attached hydrogens (tertiary/aromatic N) is 3. The van der Waals surface area contributed by atoms with Crippen LogP contribution in [0.3, 0.4) is 0 Å². The van der Waals surface area contributed by atoms with E-state index in [0.717, 1.165) is 56.9 Å². The number of rotatable bonds is 1. The summed E-state index contributed by atoms with van der Waals surface area (Å²) < 4.78 is 5.36. The Morgan fingerprint density at radius 1 is 1.17 bits per heavy atom. The lowest BCUT2D eigenvalue weighted by Crippen LogP contribution is -2.37. The molecule has 1 atom stereocenters. The van der Waals surface area contributed by atoms with E-state index in [9.17, 15) is 0 Å². The van der Waals surface area contributed by atoms with Crippen LogP contribution in [0.4, 0.5) is 17.6 Å². The molecule has 7 heteroatoms. The number of nitrogens with one attached hydrogen (secondary N) is 3. The molecule has 0 aliphatic carbocycles. The van der Waals surface area contributed by atoms with Gasteiger partial charge in [-0.15, -0.1) is 0 Å². The van der Waals surface area contributed by atoms with Crippen LogP contribution in [-0.4, -0.2) is 42.8 Å². The van der Waals surface area contributed by atoms with Gasteiger partial charge in [-0.05, 0) is 6.42 Å². The number of morpholine rings is 1. The van der Waals surface area contributed by atoms with Crippen LogP contribution in [0.1, 0.15) is 18.0 Å². The molecule has 0 spiro atoms. The maximum absolute atomic E-state index is 5.36. The van der Waals surface area contributed by atoms with Crippen molar-refractivity contribution in [3.8, 4) is 0 Å². The zero-order chi connectivity index (χ0) is 11.9. The highest BCUT2D eigenvalue weighted by Gasteiger charge is 2.31. The monoisotopic (exact) mass is 248 g/mol. The molecular weight excluding hydrogens is 232 g/mol. The van der Waals surface area contributed by atoms with Crippen molar-refractivity contribution >= 4 is 17.6 Å². The summed E-state index contributed by atoms with van der Waals surface area (Å²) in [5, 5.41) is 3.36.